The third-order valence-corrected chi connectivity index (χ3v) is 4.08. The monoisotopic (exact) mass is 191 g/mol. The van der Waals surface area contributed by atoms with Gasteiger partial charge in [0.05, 0.1) is 7.11 Å². The predicted molar refractivity (Wildman–Crippen MR) is 55.7 cm³/mol. The van der Waals surface area contributed by atoms with Gasteiger partial charge in [-0.1, -0.05) is 6.08 Å². The Balaban J connectivity index is 1.79. The van der Waals surface area contributed by atoms with Crippen LogP contribution in [0.3, 0.4) is 0 Å². The summed E-state index contributed by atoms with van der Waals surface area (Å²) in [7, 11) is 1.75. The van der Waals surface area contributed by atoms with Gasteiger partial charge in [-0.15, -0.1) is 0 Å². The van der Waals surface area contributed by atoms with Gasteiger partial charge in [0.1, 0.15) is 5.76 Å². The Morgan fingerprint density at radius 1 is 1.57 bits per heavy atom. The van der Waals surface area contributed by atoms with E-state index in [4.69, 9.17) is 4.74 Å². The van der Waals surface area contributed by atoms with E-state index in [-0.39, 0.29) is 0 Å². The number of methoxy groups -OCH3 is 1. The fourth-order valence-electron chi connectivity index (χ4n) is 3.07. The van der Waals surface area contributed by atoms with Gasteiger partial charge in [0.2, 0.25) is 0 Å². The maximum absolute atomic E-state index is 5.25. The van der Waals surface area contributed by atoms with Crippen molar-refractivity contribution in [3.8, 4) is 0 Å². The van der Waals surface area contributed by atoms with E-state index in [1.54, 1.807) is 7.11 Å². The Labute approximate surface area is 85.0 Å². The molecule has 0 radical (unpaired) electrons. The molecule has 2 aliphatic carbocycles. The molecule has 0 aromatic carbocycles. The van der Waals surface area contributed by atoms with Crippen LogP contribution in [0.5, 0.6) is 0 Å². The molecule has 1 saturated heterocycles. The van der Waals surface area contributed by atoms with E-state index in [0.717, 1.165) is 17.6 Å². The van der Waals surface area contributed by atoms with Gasteiger partial charge in [-0.2, -0.15) is 0 Å². The van der Waals surface area contributed by atoms with E-state index in [9.17, 15) is 0 Å². The molecule has 2 heteroatoms. The van der Waals surface area contributed by atoms with Crippen LogP contribution in [0, 0.1) is 17.3 Å². The van der Waals surface area contributed by atoms with Crippen molar-refractivity contribution in [2.24, 2.45) is 17.3 Å². The van der Waals surface area contributed by atoms with Crippen LogP contribution in [0.1, 0.15) is 12.8 Å². The van der Waals surface area contributed by atoms with E-state index in [1.807, 2.05) is 0 Å². The lowest BCUT2D eigenvalue weighted by Gasteiger charge is -2.22. The van der Waals surface area contributed by atoms with Gasteiger partial charge in [-0.05, 0) is 55.3 Å². The van der Waals surface area contributed by atoms with Crippen LogP contribution < -0.4 is 5.32 Å². The summed E-state index contributed by atoms with van der Waals surface area (Å²) in [5, 5.41) is 3.46. The fraction of sp³-hybridized carbons (Fsp3) is 0.667. The third-order valence-electron chi connectivity index (χ3n) is 4.08. The standard InChI is InChI=1S/C12H17NO/c1-14-11-2-4-12(7-10(12)6-11)9-3-5-13-8-9/h2,4,6,9-10,13H,3,5,7-8H2,1H3. The number of nitrogens with one attached hydrogen (secondary N) is 1. The van der Waals surface area contributed by atoms with E-state index < -0.39 is 0 Å². The number of hydrogen-bond donors (Lipinski definition) is 1. The Morgan fingerprint density at radius 2 is 2.50 bits per heavy atom. The van der Waals surface area contributed by atoms with E-state index >= 15 is 0 Å². The van der Waals surface area contributed by atoms with Gasteiger partial charge in [0, 0.05) is 0 Å². The minimum Gasteiger partial charge on any atom is -0.497 e. The molecule has 0 aromatic heterocycles. The molecule has 3 unspecified atom stereocenters. The first-order chi connectivity index (χ1) is 6.85. The van der Waals surface area contributed by atoms with Crippen molar-refractivity contribution in [3.63, 3.8) is 0 Å². The van der Waals surface area contributed by atoms with E-state index in [2.05, 4.69) is 23.5 Å². The molecule has 0 aromatic rings. The summed E-state index contributed by atoms with van der Waals surface area (Å²) in [6, 6.07) is 0. The first-order valence-corrected chi connectivity index (χ1v) is 5.51. The third kappa shape index (κ3) is 1.07. The van der Waals surface area contributed by atoms with Gasteiger partial charge in [-0.25, -0.2) is 0 Å². The van der Waals surface area contributed by atoms with Crippen molar-refractivity contribution in [1.29, 1.82) is 0 Å². The predicted octanol–water partition coefficient (Wildman–Crippen LogP) is 1.70. The van der Waals surface area contributed by atoms with Crippen LogP contribution in [0.4, 0.5) is 0 Å². The molecule has 0 amide bonds. The number of rotatable bonds is 2. The normalized spacial score (nSPS) is 44.5. The minimum atomic E-state index is 0.505. The summed E-state index contributed by atoms with van der Waals surface area (Å²) < 4.78 is 5.25. The first kappa shape index (κ1) is 8.54. The quantitative estimate of drug-likeness (QED) is 0.717. The van der Waals surface area contributed by atoms with E-state index in [0.29, 0.717) is 5.41 Å². The van der Waals surface area contributed by atoms with Crippen LogP contribution in [0.25, 0.3) is 0 Å². The molecule has 3 rings (SSSR count). The molecule has 2 nitrogen and oxygen atoms in total. The Kier molecular flexibility index (Phi) is 1.75. The van der Waals surface area contributed by atoms with Crippen molar-refractivity contribution in [1.82, 2.24) is 5.32 Å². The van der Waals surface area contributed by atoms with E-state index in [1.165, 1.54) is 25.9 Å². The van der Waals surface area contributed by atoms with Crippen LogP contribution >= 0.6 is 0 Å². The Hall–Kier alpha value is -0.760. The lowest BCUT2D eigenvalue weighted by atomic mass is 9.84. The van der Waals surface area contributed by atoms with Crippen molar-refractivity contribution in [2.75, 3.05) is 20.2 Å². The summed E-state index contributed by atoms with van der Waals surface area (Å²) in [4.78, 5) is 0. The zero-order valence-electron chi connectivity index (χ0n) is 8.62. The summed E-state index contributed by atoms with van der Waals surface area (Å²) >= 11 is 0. The molecule has 76 valence electrons. The second-order valence-corrected chi connectivity index (χ2v) is 4.72. The van der Waals surface area contributed by atoms with Crippen molar-refractivity contribution >= 4 is 0 Å². The molecule has 1 N–H and O–H groups in total. The van der Waals surface area contributed by atoms with Crippen LogP contribution in [-0.4, -0.2) is 20.2 Å². The second kappa shape index (κ2) is 2.86. The molecule has 2 fully saturated rings. The zero-order chi connectivity index (χ0) is 9.60. The second-order valence-electron chi connectivity index (χ2n) is 4.72. The lowest BCUT2D eigenvalue weighted by molar-refractivity contribution is 0.295. The molecule has 3 atom stereocenters. The molecule has 3 aliphatic rings. The van der Waals surface area contributed by atoms with Gasteiger partial charge < -0.3 is 10.1 Å². The number of allylic oxidation sites excluding steroid dienone is 3. The van der Waals surface area contributed by atoms with Gasteiger partial charge in [0.25, 0.3) is 0 Å². The highest BCUT2D eigenvalue weighted by Crippen LogP contribution is 2.62. The van der Waals surface area contributed by atoms with Crippen LogP contribution in [0.2, 0.25) is 0 Å². The molecule has 0 spiro atoms. The summed E-state index contributed by atoms with van der Waals surface area (Å²) in [6.07, 6.45) is 9.54. The molecule has 1 saturated carbocycles. The highest BCUT2D eigenvalue weighted by molar-refractivity contribution is 5.34. The Morgan fingerprint density at radius 3 is 3.14 bits per heavy atom. The highest BCUT2D eigenvalue weighted by atomic mass is 16.5. The summed E-state index contributed by atoms with van der Waals surface area (Å²) in [5.41, 5.74) is 0.505. The van der Waals surface area contributed by atoms with Crippen molar-refractivity contribution in [3.05, 3.63) is 24.0 Å². The molecule has 1 heterocycles. The van der Waals surface area contributed by atoms with Crippen LogP contribution in [-0.2, 0) is 4.74 Å². The maximum atomic E-state index is 5.25. The average Bonchev–Trinajstić information content (AvgIpc) is 2.70. The summed E-state index contributed by atoms with van der Waals surface area (Å²) in [5.74, 6) is 2.67. The molecular weight excluding hydrogens is 174 g/mol. The zero-order valence-corrected chi connectivity index (χ0v) is 8.62. The average molecular weight is 191 g/mol. The van der Waals surface area contributed by atoms with Crippen molar-refractivity contribution < 1.29 is 4.74 Å². The topological polar surface area (TPSA) is 21.3 Å². The minimum absolute atomic E-state index is 0.505. The lowest BCUT2D eigenvalue weighted by Crippen LogP contribution is -2.20. The number of ether oxygens (including phenoxy) is 1. The van der Waals surface area contributed by atoms with Gasteiger partial charge in [0.15, 0.2) is 0 Å². The highest BCUT2D eigenvalue weighted by Gasteiger charge is 2.57. The Bertz CT molecular complexity index is 301. The van der Waals surface area contributed by atoms with Gasteiger partial charge >= 0.3 is 0 Å². The molecule has 0 bridgehead atoms. The number of fused-ring (bicyclic) bond motifs is 1. The summed E-state index contributed by atoms with van der Waals surface area (Å²) in [6.45, 7) is 2.41. The fourth-order valence-corrected chi connectivity index (χ4v) is 3.07. The first-order valence-electron chi connectivity index (χ1n) is 5.51. The molecule has 14 heavy (non-hydrogen) atoms. The largest absolute Gasteiger partial charge is 0.497 e. The van der Waals surface area contributed by atoms with Gasteiger partial charge in [-0.3, -0.25) is 0 Å². The molecular formula is C12H17NO. The van der Waals surface area contributed by atoms with Crippen molar-refractivity contribution in [2.45, 2.75) is 12.8 Å². The number of hydrogen-bond acceptors (Lipinski definition) is 2. The smallest absolute Gasteiger partial charge is 0.114 e. The maximum Gasteiger partial charge on any atom is 0.114 e. The van der Waals surface area contributed by atoms with Crippen LogP contribution in [0.15, 0.2) is 24.0 Å². The molecule has 1 aliphatic heterocycles. The SMILES string of the molecule is COC1=CC2CC2(C2CCNC2)C=C1.